The molecule has 7 heteroatoms. The van der Waals surface area contributed by atoms with Crippen LogP contribution in [0.4, 0.5) is 0 Å². The second kappa shape index (κ2) is 9.97. The van der Waals surface area contributed by atoms with Crippen LogP contribution in [0, 0.1) is 0 Å². The Bertz CT molecular complexity index is 1160. The van der Waals surface area contributed by atoms with Gasteiger partial charge in [-0.15, -0.1) is 6.58 Å². The molecule has 0 radical (unpaired) electrons. The number of hydrogen-bond donors (Lipinski definition) is 0. The number of benzene rings is 2. The Morgan fingerprint density at radius 2 is 1.72 bits per heavy atom. The molecule has 1 heterocycles. The normalized spacial score (nSPS) is 12.5. The number of Topliss-reactive ketones (excluding diaryl/α,β-unsaturated/α-hetero) is 1. The number of furan rings is 1. The molecule has 3 rings (SSSR count). The van der Waals surface area contributed by atoms with E-state index in [1.807, 2.05) is 19.1 Å². The van der Waals surface area contributed by atoms with E-state index in [4.69, 9.17) is 9.15 Å². The quantitative estimate of drug-likeness (QED) is 0.304. The van der Waals surface area contributed by atoms with E-state index in [1.54, 1.807) is 31.4 Å². The standard InChI is InChI=1S/C25H27NO5S/c1-18(2)16-25(21-7-11-22(30-4)12-8-21)26(17-23-6-5-15-31-23)32(28,29)24-13-9-20(10-14-24)19(3)27/h5-15,25H,1,16-17H2,2-4H3. The molecule has 1 unspecified atom stereocenters. The molecule has 0 aliphatic heterocycles. The van der Waals surface area contributed by atoms with Gasteiger partial charge in [0.1, 0.15) is 11.5 Å². The lowest BCUT2D eigenvalue weighted by molar-refractivity contribution is 0.101. The molecule has 2 aromatic carbocycles. The molecule has 0 bridgehead atoms. The first-order chi connectivity index (χ1) is 15.2. The van der Waals surface area contributed by atoms with Crippen molar-refractivity contribution in [1.82, 2.24) is 4.31 Å². The van der Waals surface area contributed by atoms with Crippen LogP contribution in [0.1, 0.15) is 48.0 Å². The third-order valence-electron chi connectivity index (χ3n) is 5.15. The molecule has 0 aliphatic rings. The molecule has 0 aliphatic carbocycles. The maximum atomic E-state index is 13.8. The molecular weight excluding hydrogens is 426 g/mol. The Balaban J connectivity index is 2.10. The first-order valence-electron chi connectivity index (χ1n) is 10.2. The molecule has 168 valence electrons. The SMILES string of the molecule is C=C(C)CC(c1ccc(OC)cc1)N(Cc1ccco1)S(=O)(=O)c1ccc(C(C)=O)cc1. The van der Waals surface area contributed by atoms with Crippen LogP contribution >= 0.6 is 0 Å². The summed E-state index contributed by atoms with van der Waals surface area (Å²) in [5.41, 5.74) is 2.11. The first kappa shape index (κ1) is 23.5. The van der Waals surface area contributed by atoms with Gasteiger partial charge in [-0.1, -0.05) is 29.8 Å². The van der Waals surface area contributed by atoms with Gasteiger partial charge in [-0.25, -0.2) is 8.42 Å². The summed E-state index contributed by atoms with van der Waals surface area (Å²) in [5, 5.41) is 0. The molecule has 0 N–H and O–H groups in total. The lowest BCUT2D eigenvalue weighted by Gasteiger charge is -2.31. The van der Waals surface area contributed by atoms with Crippen molar-refractivity contribution in [1.29, 1.82) is 0 Å². The fourth-order valence-corrected chi connectivity index (χ4v) is 5.04. The average Bonchev–Trinajstić information content (AvgIpc) is 3.29. The zero-order valence-electron chi connectivity index (χ0n) is 18.4. The van der Waals surface area contributed by atoms with E-state index in [0.29, 0.717) is 23.5 Å². The van der Waals surface area contributed by atoms with Crippen LogP contribution in [-0.2, 0) is 16.6 Å². The minimum atomic E-state index is -3.94. The van der Waals surface area contributed by atoms with Crippen LogP contribution in [0.5, 0.6) is 5.75 Å². The first-order valence-corrected chi connectivity index (χ1v) is 11.6. The summed E-state index contributed by atoms with van der Waals surface area (Å²) in [6.07, 6.45) is 1.95. The third kappa shape index (κ3) is 5.36. The summed E-state index contributed by atoms with van der Waals surface area (Å²) in [4.78, 5) is 11.7. The maximum Gasteiger partial charge on any atom is 0.244 e. The highest BCUT2D eigenvalue weighted by atomic mass is 32.2. The van der Waals surface area contributed by atoms with Gasteiger partial charge < -0.3 is 9.15 Å². The topological polar surface area (TPSA) is 76.8 Å². The molecule has 0 amide bonds. The molecule has 3 aromatic rings. The lowest BCUT2D eigenvalue weighted by atomic mass is 10.00. The van der Waals surface area contributed by atoms with Crippen molar-refractivity contribution in [2.75, 3.05) is 7.11 Å². The number of nitrogens with zero attached hydrogens (tertiary/aromatic N) is 1. The maximum absolute atomic E-state index is 13.8. The van der Waals surface area contributed by atoms with Gasteiger partial charge in [0, 0.05) is 5.56 Å². The van der Waals surface area contributed by atoms with Crippen molar-refractivity contribution >= 4 is 15.8 Å². The smallest absolute Gasteiger partial charge is 0.244 e. The summed E-state index contributed by atoms with van der Waals surface area (Å²) in [5.74, 6) is 1.08. The van der Waals surface area contributed by atoms with E-state index in [2.05, 4.69) is 6.58 Å². The van der Waals surface area contributed by atoms with Gasteiger partial charge in [0.25, 0.3) is 0 Å². The molecule has 1 atom stereocenters. The zero-order valence-corrected chi connectivity index (χ0v) is 19.3. The van der Waals surface area contributed by atoms with Crippen LogP contribution < -0.4 is 4.74 Å². The van der Waals surface area contributed by atoms with E-state index in [1.165, 1.54) is 41.8 Å². The predicted molar refractivity (Wildman–Crippen MR) is 123 cm³/mol. The van der Waals surface area contributed by atoms with Crippen LogP contribution in [0.15, 0.2) is 88.4 Å². The number of ketones is 1. The summed E-state index contributed by atoms with van der Waals surface area (Å²) >= 11 is 0. The lowest BCUT2D eigenvalue weighted by Crippen LogP contribution is -2.34. The highest BCUT2D eigenvalue weighted by molar-refractivity contribution is 7.89. The number of carbonyl (C=O) groups is 1. The fourth-order valence-electron chi connectivity index (χ4n) is 3.46. The number of hydrogen-bond acceptors (Lipinski definition) is 5. The molecule has 0 spiro atoms. The summed E-state index contributed by atoms with van der Waals surface area (Å²) < 4.78 is 39.8. The van der Waals surface area contributed by atoms with Crippen molar-refractivity contribution in [3.8, 4) is 5.75 Å². The van der Waals surface area contributed by atoms with Crippen molar-refractivity contribution in [2.45, 2.75) is 37.8 Å². The predicted octanol–water partition coefficient (Wildman–Crippen LogP) is 5.39. The van der Waals surface area contributed by atoms with Gasteiger partial charge in [0.2, 0.25) is 10.0 Å². The second-order valence-electron chi connectivity index (χ2n) is 7.66. The van der Waals surface area contributed by atoms with E-state index in [-0.39, 0.29) is 17.2 Å². The van der Waals surface area contributed by atoms with Crippen molar-refractivity contribution in [3.05, 3.63) is 96.0 Å². The molecule has 32 heavy (non-hydrogen) atoms. The van der Waals surface area contributed by atoms with Crippen LogP contribution in [0.2, 0.25) is 0 Å². The molecule has 0 fully saturated rings. The summed E-state index contributed by atoms with van der Waals surface area (Å²) in [6.45, 7) is 7.38. The zero-order chi connectivity index (χ0) is 23.3. The Morgan fingerprint density at radius 1 is 1.06 bits per heavy atom. The second-order valence-corrected chi connectivity index (χ2v) is 9.55. The monoisotopic (exact) mass is 453 g/mol. The minimum absolute atomic E-state index is 0.0494. The molecule has 0 saturated heterocycles. The Hall–Kier alpha value is -3.16. The molecular formula is C25H27NO5S. The molecule has 1 aromatic heterocycles. The number of sulfonamides is 1. The van der Waals surface area contributed by atoms with Crippen LogP contribution in [0.25, 0.3) is 0 Å². The highest BCUT2D eigenvalue weighted by Crippen LogP contribution is 2.35. The van der Waals surface area contributed by atoms with E-state index in [0.717, 1.165) is 11.1 Å². The third-order valence-corrected chi connectivity index (χ3v) is 7.02. The van der Waals surface area contributed by atoms with Gasteiger partial charge in [0.05, 0.1) is 30.9 Å². The number of methoxy groups -OCH3 is 1. The Morgan fingerprint density at radius 3 is 2.22 bits per heavy atom. The number of carbonyl (C=O) groups excluding carboxylic acids is 1. The van der Waals surface area contributed by atoms with E-state index < -0.39 is 16.1 Å². The van der Waals surface area contributed by atoms with Gasteiger partial charge >= 0.3 is 0 Å². The Kier molecular flexibility index (Phi) is 7.33. The highest BCUT2D eigenvalue weighted by Gasteiger charge is 2.33. The minimum Gasteiger partial charge on any atom is -0.497 e. The largest absolute Gasteiger partial charge is 0.497 e. The van der Waals surface area contributed by atoms with Gasteiger partial charge in [0.15, 0.2) is 5.78 Å². The van der Waals surface area contributed by atoms with Crippen molar-refractivity contribution in [2.24, 2.45) is 0 Å². The van der Waals surface area contributed by atoms with Gasteiger partial charge in [-0.2, -0.15) is 4.31 Å². The fraction of sp³-hybridized carbons (Fsp3) is 0.240. The van der Waals surface area contributed by atoms with Crippen LogP contribution in [-0.4, -0.2) is 25.6 Å². The summed E-state index contributed by atoms with van der Waals surface area (Å²) in [6, 6.07) is 16.3. The average molecular weight is 454 g/mol. The Labute approximate surface area is 189 Å². The van der Waals surface area contributed by atoms with Gasteiger partial charge in [-0.3, -0.25) is 4.79 Å². The van der Waals surface area contributed by atoms with Crippen molar-refractivity contribution < 1.29 is 22.4 Å². The van der Waals surface area contributed by atoms with E-state index >= 15 is 0 Å². The number of ether oxygens (including phenoxy) is 1. The van der Waals surface area contributed by atoms with Gasteiger partial charge in [-0.05, 0) is 62.2 Å². The molecule has 6 nitrogen and oxygen atoms in total. The van der Waals surface area contributed by atoms with E-state index in [9.17, 15) is 13.2 Å². The molecule has 0 saturated carbocycles. The van der Waals surface area contributed by atoms with Crippen molar-refractivity contribution in [3.63, 3.8) is 0 Å². The number of rotatable bonds is 10. The summed E-state index contributed by atoms with van der Waals surface area (Å²) in [7, 11) is -2.36. The van der Waals surface area contributed by atoms with Crippen LogP contribution in [0.3, 0.4) is 0 Å².